The molecule has 2 aromatic carbocycles. The van der Waals surface area contributed by atoms with Gasteiger partial charge >= 0.3 is 0 Å². The Morgan fingerprint density at radius 2 is 1.28 bits per heavy atom. The summed E-state index contributed by atoms with van der Waals surface area (Å²) in [5, 5.41) is 4.27. The highest BCUT2D eigenvalue weighted by atomic mass is 35.5. The molecule has 2 aromatic rings. The van der Waals surface area contributed by atoms with Crippen molar-refractivity contribution >= 4 is 23.6 Å². The molecule has 0 saturated heterocycles. The largest absolute Gasteiger partial charge is 0.385 e. The van der Waals surface area contributed by atoms with Crippen molar-refractivity contribution < 1.29 is 4.79 Å². The minimum Gasteiger partial charge on any atom is -0.385 e. The molecule has 2 rings (SSSR count). The van der Waals surface area contributed by atoms with Crippen LogP contribution >= 0.6 is 11.6 Å². The van der Waals surface area contributed by atoms with E-state index in [4.69, 9.17) is 11.6 Å². The van der Waals surface area contributed by atoms with Crippen molar-refractivity contribution in [3.63, 3.8) is 0 Å². The molecular formula is C33H46ClNO. The quantitative estimate of drug-likeness (QED) is 0.116. The van der Waals surface area contributed by atoms with Crippen LogP contribution in [0.15, 0.2) is 48.5 Å². The molecule has 0 spiro atoms. The summed E-state index contributed by atoms with van der Waals surface area (Å²) in [6, 6.07) is 16.1. The Bertz CT molecular complexity index is 879. The lowest BCUT2D eigenvalue weighted by Gasteiger charge is -2.10. The molecule has 0 aromatic heterocycles. The van der Waals surface area contributed by atoms with Crippen LogP contribution in [0.25, 0.3) is 0 Å². The third-order valence-electron chi connectivity index (χ3n) is 6.83. The van der Waals surface area contributed by atoms with Crippen LogP contribution in [0.4, 0.5) is 5.69 Å². The van der Waals surface area contributed by atoms with Crippen molar-refractivity contribution in [3.8, 4) is 11.8 Å². The molecule has 196 valence electrons. The van der Waals surface area contributed by atoms with Crippen LogP contribution in [0, 0.1) is 11.8 Å². The zero-order valence-electron chi connectivity index (χ0n) is 22.4. The first-order chi connectivity index (χ1) is 17.7. The number of halogens is 1. The average molecular weight is 508 g/mol. The molecule has 1 atom stereocenters. The number of hydrogen-bond donors (Lipinski definition) is 1. The van der Waals surface area contributed by atoms with E-state index in [1.807, 2.05) is 24.3 Å². The van der Waals surface area contributed by atoms with Crippen molar-refractivity contribution in [2.24, 2.45) is 0 Å². The van der Waals surface area contributed by atoms with Gasteiger partial charge in [-0.15, -0.1) is 0 Å². The van der Waals surface area contributed by atoms with Gasteiger partial charge in [0, 0.05) is 35.2 Å². The van der Waals surface area contributed by atoms with E-state index in [9.17, 15) is 4.79 Å². The average Bonchev–Trinajstić information content (AvgIpc) is 2.90. The zero-order chi connectivity index (χ0) is 25.7. The predicted molar refractivity (Wildman–Crippen MR) is 157 cm³/mol. The smallest absolute Gasteiger partial charge is 0.127 e. The van der Waals surface area contributed by atoms with Gasteiger partial charge in [0.25, 0.3) is 0 Å². The van der Waals surface area contributed by atoms with Crippen LogP contribution < -0.4 is 5.32 Å². The van der Waals surface area contributed by atoms with Crippen LogP contribution in [0.2, 0.25) is 5.02 Å². The third-order valence-corrected chi connectivity index (χ3v) is 7.08. The van der Waals surface area contributed by atoms with E-state index < -0.39 is 0 Å². The highest BCUT2D eigenvalue weighted by molar-refractivity contribution is 6.30. The first-order valence-electron chi connectivity index (χ1n) is 14.3. The number of rotatable bonds is 19. The van der Waals surface area contributed by atoms with E-state index in [2.05, 4.69) is 48.3 Å². The van der Waals surface area contributed by atoms with Gasteiger partial charge in [-0.1, -0.05) is 113 Å². The molecule has 36 heavy (non-hydrogen) atoms. The van der Waals surface area contributed by atoms with E-state index in [0.29, 0.717) is 0 Å². The molecule has 0 heterocycles. The fourth-order valence-corrected chi connectivity index (χ4v) is 4.60. The van der Waals surface area contributed by atoms with Gasteiger partial charge in [-0.3, -0.25) is 0 Å². The predicted octanol–water partition coefficient (Wildman–Crippen LogP) is 9.96. The molecule has 2 nitrogen and oxygen atoms in total. The van der Waals surface area contributed by atoms with Crippen molar-refractivity contribution in [1.29, 1.82) is 0 Å². The fraction of sp³-hybridized carbons (Fsp3) is 0.545. The van der Waals surface area contributed by atoms with Gasteiger partial charge in [0.1, 0.15) is 6.29 Å². The molecule has 1 unspecified atom stereocenters. The summed E-state index contributed by atoms with van der Waals surface area (Å²) < 4.78 is 0. The Morgan fingerprint density at radius 1 is 0.750 bits per heavy atom. The summed E-state index contributed by atoms with van der Waals surface area (Å²) in [5.41, 5.74) is 3.32. The third kappa shape index (κ3) is 13.7. The lowest BCUT2D eigenvalue weighted by Crippen LogP contribution is -2.02. The van der Waals surface area contributed by atoms with Gasteiger partial charge in [-0.2, -0.15) is 0 Å². The zero-order valence-corrected chi connectivity index (χ0v) is 23.1. The van der Waals surface area contributed by atoms with Crippen LogP contribution in [0.5, 0.6) is 0 Å². The maximum atomic E-state index is 11.1. The summed E-state index contributed by atoms with van der Waals surface area (Å²) in [6.45, 7) is 3.08. The van der Waals surface area contributed by atoms with Crippen LogP contribution in [0.1, 0.15) is 120 Å². The molecule has 0 aliphatic rings. The molecule has 0 aliphatic heterocycles. The number of nitrogens with one attached hydrogen (secondary N) is 1. The van der Waals surface area contributed by atoms with Gasteiger partial charge in [0.2, 0.25) is 0 Å². The number of hydrogen-bond acceptors (Lipinski definition) is 2. The van der Waals surface area contributed by atoms with E-state index in [1.165, 1.54) is 83.5 Å². The Kier molecular flexibility index (Phi) is 16.6. The van der Waals surface area contributed by atoms with E-state index in [0.717, 1.165) is 47.5 Å². The second-order valence-corrected chi connectivity index (χ2v) is 10.3. The van der Waals surface area contributed by atoms with Crippen molar-refractivity contribution in [3.05, 3.63) is 64.7 Å². The topological polar surface area (TPSA) is 29.1 Å². The van der Waals surface area contributed by atoms with Gasteiger partial charge in [0.05, 0.1) is 0 Å². The maximum Gasteiger partial charge on any atom is 0.127 e. The molecule has 0 radical (unpaired) electrons. The molecule has 0 amide bonds. The second kappa shape index (κ2) is 19.9. The summed E-state index contributed by atoms with van der Waals surface area (Å²) in [6.07, 6.45) is 20.3. The van der Waals surface area contributed by atoms with Gasteiger partial charge in [-0.05, 0) is 61.2 Å². The highest BCUT2D eigenvalue weighted by Gasteiger charge is 2.06. The molecule has 3 heteroatoms. The van der Waals surface area contributed by atoms with Crippen LogP contribution in [-0.4, -0.2) is 12.8 Å². The lowest BCUT2D eigenvalue weighted by atomic mass is 9.98. The standard InChI is InChI=1S/C33H46ClNO/c1-2-30(28-36)31-21-25-33(26-22-31)35-27-17-15-13-11-9-7-5-3-4-6-8-10-12-14-16-18-29-19-23-32(34)24-20-29/h19-26,28,30,35H,2-15,17,27H2,1H3. The maximum absolute atomic E-state index is 11.1. The Morgan fingerprint density at radius 3 is 1.81 bits per heavy atom. The first-order valence-corrected chi connectivity index (χ1v) is 14.6. The number of carbonyl (C=O) groups is 1. The monoisotopic (exact) mass is 507 g/mol. The highest BCUT2D eigenvalue weighted by Crippen LogP contribution is 2.19. The Hall–Kier alpha value is -2.24. The normalized spacial score (nSPS) is 11.5. The molecule has 0 aliphatic carbocycles. The minimum atomic E-state index is 0.0296. The van der Waals surface area contributed by atoms with Gasteiger partial charge < -0.3 is 10.1 Å². The van der Waals surface area contributed by atoms with Crippen LogP contribution in [-0.2, 0) is 4.79 Å². The first kappa shape index (κ1) is 30.0. The Balaban J connectivity index is 1.32. The summed E-state index contributed by atoms with van der Waals surface area (Å²) in [4.78, 5) is 11.1. The minimum absolute atomic E-state index is 0.0296. The molecule has 0 bridgehead atoms. The SMILES string of the molecule is CCC(C=O)c1ccc(NCCCCCCCCCCCCCCCC#Cc2ccc(Cl)cc2)cc1. The van der Waals surface area contributed by atoms with Crippen molar-refractivity contribution in [2.75, 3.05) is 11.9 Å². The number of aldehydes is 1. The second-order valence-electron chi connectivity index (χ2n) is 9.85. The number of carbonyl (C=O) groups excluding carboxylic acids is 1. The van der Waals surface area contributed by atoms with Gasteiger partial charge in [-0.25, -0.2) is 0 Å². The van der Waals surface area contributed by atoms with E-state index >= 15 is 0 Å². The van der Waals surface area contributed by atoms with E-state index in [1.54, 1.807) is 0 Å². The number of anilines is 1. The molecule has 0 saturated carbocycles. The Labute approximate surface area is 225 Å². The van der Waals surface area contributed by atoms with Gasteiger partial charge in [0.15, 0.2) is 0 Å². The molecule has 1 N–H and O–H groups in total. The molecular weight excluding hydrogens is 462 g/mol. The van der Waals surface area contributed by atoms with Crippen LogP contribution in [0.3, 0.4) is 0 Å². The fourth-order valence-electron chi connectivity index (χ4n) is 4.47. The summed E-state index contributed by atoms with van der Waals surface area (Å²) in [7, 11) is 0. The summed E-state index contributed by atoms with van der Waals surface area (Å²) in [5.74, 6) is 6.52. The lowest BCUT2D eigenvalue weighted by molar-refractivity contribution is -0.109. The summed E-state index contributed by atoms with van der Waals surface area (Å²) >= 11 is 5.89. The molecule has 0 fully saturated rings. The van der Waals surface area contributed by atoms with Crippen molar-refractivity contribution in [2.45, 2.75) is 109 Å². The number of benzene rings is 2. The number of unbranched alkanes of at least 4 members (excludes halogenated alkanes) is 13. The van der Waals surface area contributed by atoms with Crippen molar-refractivity contribution in [1.82, 2.24) is 0 Å². The van der Waals surface area contributed by atoms with E-state index in [-0.39, 0.29) is 5.92 Å².